The van der Waals surface area contributed by atoms with Gasteiger partial charge in [0.25, 0.3) is 10.0 Å². The number of hydrogen-bond acceptors (Lipinski definition) is 6. The van der Waals surface area contributed by atoms with Crippen molar-refractivity contribution in [2.75, 3.05) is 11.8 Å². The SMILES string of the molecule is COC(=O)c1sc(NS(=O)(=O)c2cccc(C(C)=O)c2)cc1C. The molecule has 1 aromatic heterocycles. The van der Waals surface area contributed by atoms with Gasteiger partial charge in [-0.3, -0.25) is 9.52 Å². The zero-order valence-corrected chi connectivity index (χ0v) is 14.4. The first-order chi connectivity index (χ1) is 10.7. The maximum atomic E-state index is 12.4. The van der Waals surface area contributed by atoms with Gasteiger partial charge in [0.2, 0.25) is 0 Å². The molecule has 0 unspecified atom stereocenters. The molecule has 0 fully saturated rings. The Balaban J connectivity index is 2.34. The number of ether oxygens (including phenoxy) is 1. The molecule has 0 amide bonds. The fourth-order valence-electron chi connectivity index (χ4n) is 1.90. The maximum Gasteiger partial charge on any atom is 0.348 e. The van der Waals surface area contributed by atoms with Gasteiger partial charge in [0.15, 0.2) is 5.78 Å². The molecule has 1 aromatic carbocycles. The number of hydrogen-bond donors (Lipinski definition) is 1. The number of rotatable bonds is 5. The van der Waals surface area contributed by atoms with Crippen molar-refractivity contribution in [3.63, 3.8) is 0 Å². The summed E-state index contributed by atoms with van der Waals surface area (Å²) in [6.07, 6.45) is 0. The quantitative estimate of drug-likeness (QED) is 0.659. The third-order valence-corrected chi connectivity index (χ3v) is 5.70. The largest absolute Gasteiger partial charge is 0.465 e. The van der Waals surface area contributed by atoms with Crippen LogP contribution in [-0.2, 0) is 14.8 Å². The normalized spacial score (nSPS) is 11.1. The number of methoxy groups -OCH3 is 1. The summed E-state index contributed by atoms with van der Waals surface area (Å²) < 4.78 is 31.9. The van der Waals surface area contributed by atoms with Crippen molar-refractivity contribution < 1.29 is 22.7 Å². The van der Waals surface area contributed by atoms with E-state index in [1.54, 1.807) is 19.1 Å². The second kappa shape index (κ2) is 6.51. The number of anilines is 1. The molecule has 122 valence electrons. The minimum absolute atomic E-state index is 0.0177. The fraction of sp³-hybridized carbons (Fsp3) is 0.200. The zero-order valence-electron chi connectivity index (χ0n) is 12.7. The van der Waals surface area contributed by atoms with Crippen LogP contribution in [0.25, 0.3) is 0 Å². The van der Waals surface area contributed by atoms with Gasteiger partial charge < -0.3 is 4.74 Å². The predicted octanol–water partition coefficient (Wildman–Crippen LogP) is 2.85. The number of aryl methyl sites for hydroxylation is 1. The number of sulfonamides is 1. The van der Waals surface area contributed by atoms with Crippen molar-refractivity contribution in [2.45, 2.75) is 18.7 Å². The van der Waals surface area contributed by atoms with Crippen LogP contribution in [0, 0.1) is 6.92 Å². The molecule has 0 radical (unpaired) electrons. The van der Waals surface area contributed by atoms with E-state index in [0.717, 1.165) is 11.3 Å². The lowest BCUT2D eigenvalue weighted by atomic mass is 10.2. The lowest BCUT2D eigenvalue weighted by Gasteiger charge is -2.06. The highest BCUT2D eigenvalue weighted by Crippen LogP contribution is 2.29. The molecule has 0 saturated heterocycles. The molecule has 8 heteroatoms. The van der Waals surface area contributed by atoms with Crippen molar-refractivity contribution in [2.24, 2.45) is 0 Å². The molecule has 0 atom stereocenters. The van der Waals surface area contributed by atoms with Gasteiger partial charge in [-0.05, 0) is 37.6 Å². The van der Waals surface area contributed by atoms with Crippen LogP contribution in [0.4, 0.5) is 5.00 Å². The Labute approximate surface area is 138 Å². The molecule has 0 spiro atoms. The Morgan fingerprint density at radius 1 is 1.22 bits per heavy atom. The third-order valence-electron chi connectivity index (χ3n) is 3.07. The van der Waals surface area contributed by atoms with Crippen LogP contribution < -0.4 is 4.72 Å². The first-order valence-electron chi connectivity index (χ1n) is 6.57. The molecule has 2 aromatic rings. The average Bonchev–Trinajstić information content (AvgIpc) is 2.86. The Morgan fingerprint density at radius 3 is 2.52 bits per heavy atom. The Hall–Kier alpha value is -2.19. The topological polar surface area (TPSA) is 89.5 Å². The van der Waals surface area contributed by atoms with Gasteiger partial charge >= 0.3 is 5.97 Å². The van der Waals surface area contributed by atoms with Crippen LogP contribution in [0.3, 0.4) is 0 Å². The molecule has 0 saturated carbocycles. The van der Waals surface area contributed by atoms with Crippen molar-refractivity contribution in [1.29, 1.82) is 0 Å². The molecule has 0 aliphatic rings. The van der Waals surface area contributed by atoms with E-state index in [2.05, 4.69) is 9.46 Å². The lowest BCUT2D eigenvalue weighted by molar-refractivity contribution is 0.0605. The Morgan fingerprint density at radius 2 is 1.91 bits per heavy atom. The van der Waals surface area contributed by atoms with E-state index in [1.807, 2.05) is 0 Å². The Kier molecular flexibility index (Phi) is 4.86. The molecular formula is C15H15NO5S2. The second-order valence-corrected chi connectivity index (χ2v) is 7.54. The Bertz CT molecular complexity index is 868. The first-order valence-corrected chi connectivity index (χ1v) is 8.87. The van der Waals surface area contributed by atoms with Gasteiger partial charge in [-0.25, -0.2) is 13.2 Å². The number of carbonyl (C=O) groups is 2. The minimum Gasteiger partial charge on any atom is -0.465 e. The van der Waals surface area contributed by atoms with E-state index in [1.165, 1.54) is 32.2 Å². The summed E-state index contributed by atoms with van der Waals surface area (Å²) in [6, 6.07) is 7.32. The molecule has 6 nitrogen and oxygen atoms in total. The van der Waals surface area contributed by atoms with E-state index >= 15 is 0 Å². The van der Waals surface area contributed by atoms with Crippen molar-refractivity contribution in [1.82, 2.24) is 0 Å². The van der Waals surface area contributed by atoms with E-state index in [9.17, 15) is 18.0 Å². The van der Waals surface area contributed by atoms with Crippen LogP contribution >= 0.6 is 11.3 Å². The summed E-state index contributed by atoms with van der Waals surface area (Å²) in [5, 5.41) is 0.302. The van der Waals surface area contributed by atoms with Crippen molar-refractivity contribution in [3.8, 4) is 0 Å². The first kappa shape index (κ1) is 17.2. The average molecular weight is 353 g/mol. The van der Waals surface area contributed by atoms with Gasteiger partial charge in [-0.1, -0.05) is 12.1 Å². The van der Waals surface area contributed by atoms with E-state index in [-0.39, 0.29) is 10.7 Å². The van der Waals surface area contributed by atoms with Gasteiger partial charge in [-0.15, -0.1) is 11.3 Å². The van der Waals surface area contributed by atoms with Crippen LogP contribution in [-0.4, -0.2) is 27.3 Å². The summed E-state index contributed by atoms with van der Waals surface area (Å²) in [6.45, 7) is 3.06. The van der Waals surface area contributed by atoms with Crippen molar-refractivity contribution >= 4 is 38.1 Å². The standard InChI is InChI=1S/C15H15NO5S2/c1-9-7-13(22-14(9)15(18)21-3)16-23(19,20)12-6-4-5-11(8-12)10(2)17/h4-8,16H,1-3H3. The lowest BCUT2D eigenvalue weighted by Crippen LogP contribution is -2.12. The zero-order chi connectivity index (χ0) is 17.2. The molecule has 0 bridgehead atoms. The van der Waals surface area contributed by atoms with Crippen LogP contribution in [0.1, 0.15) is 32.5 Å². The van der Waals surface area contributed by atoms with Crippen molar-refractivity contribution in [3.05, 3.63) is 46.3 Å². The number of ketones is 1. The van der Waals surface area contributed by atoms with E-state index in [0.29, 0.717) is 21.0 Å². The van der Waals surface area contributed by atoms with Gasteiger partial charge in [0.1, 0.15) is 9.88 Å². The fourth-order valence-corrected chi connectivity index (χ4v) is 4.22. The maximum absolute atomic E-state index is 12.4. The smallest absolute Gasteiger partial charge is 0.348 e. The molecule has 0 aliphatic heterocycles. The number of nitrogens with one attached hydrogen (secondary N) is 1. The molecule has 1 heterocycles. The van der Waals surface area contributed by atoms with Crippen LogP contribution in [0.5, 0.6) is 0 Å². The number of Topliss-reactive ketones (excluding diaryl/α,β-unsaturated/α-hetero) is 1. The second-order valence-electron chi connectivity index (χ2n) is 4.80. The van der Waals surface area contributed by atoms with E-state index in [4.69, 9.17) is 0 Å². The van der Waals surface area contributed by atoms with E-state index < -0.39 is 16.0 Å². The number of thiophene rings is 1. The summed E-state index contributed by atoms with van der Waals surface area (Å²) in [5.74, 6) is -0.737. The predicted molar refractivity (Wildman–Crippen MR) is 87.7 cm³/mol. The molecule has 23 heavy (non-hydrogen) atoms. The van der Waals surface area contributed by atoms with Crippen LogP contribution in [0.2, 0.25) is 0 Å². The highest BCUT2D eigenvalue weighted by Gasteiger charge is 2.19. The third kappa shape index (κ3) is 3.77. The monoisotopic (exact) mass is 353 g/mol. The van der Waals surface area contributed by atoms with Gasteiger partial charge in [-0.2, -0.15) is 0 Å². The molecule has 0 aliphatic carbocycles. The summed E-state index contributed by atoms with van der Waals surface area (Å²) in [4.78, 5) is 23.3. The summed E-state index contributed by atoms with van der Waals surface area (Å²) in [7, 11) is -2.59. The molecule has 2 rings (SSSR count). The number of carbonyl (C=O) groups excluding carboxylic acids is 2. The highest BCUT2D eigenvalue weighted by atomic mass is 32.2. The molecular weight excluding hydrogens is 338 g/mol. The number of benzene rings is 1. The molecule has 1 N–H and O–H groups in total. The van der Waals surface area contributed by atoms with Gasteiger partial charge in [0, 0.05) is 5.56 Å². The van der Waals surface area contributed by atoms with Gasteiger partial charge in [0.05, 0.1) is 12.0 Å². The summed E-state index contributed by atoms with van der Waals surface area (Å²) >= 11 is 0.992. The summed E-state index contributed by atoms with van der Waals surface area (Å²) in [5.41, 5.74) is 0.933. The highest BCUT2D eigenvalue weighted by molar-refractivity contribution is 7.93. The van der Waals surface area contributed by atoms with Crippen LogP contribution in [0.15, 0.2) is 35.2 Å². The minimum atomic E-state index is -3.85. The number of esters is 1.